The van der Waals surface area contributed by atoms with Gasteiger partial charge in [-0.15, -0.1) is 0 Å². The molecule has 0 spiro atoms. The van der Waals surface area contributed by atoms with Crippen molar-refractivity contribution in [3.63, 3.8) is 0 Å². The zero-order valence-corrected chi connectivity index (χ0v) is 22.0. The lowest BCUT2D eigenvalue weighted by Crippen LogP contribution is -2.40. The summed E-state index contributed by atoms with van der Waals surface area (Å²) in [5, 5.41) is 0. The molecule has 0 aromatic heterocycles. The first-order chi connectivity index (χ1) is 18.5. The lowest BCUT2D eigenvalue weighted by atomic mass is 10.1. The van der Waals surface area contributed by atoms with Crippen LogP contribution in [0.3, 0.4) is 0 Å². The van der Waals surface area contributed by atoms with Crippen LogP contribution in [0.25, 0.3) is 6.08 Å². The molecule has 3 aromatic carbocycles. The highest BCUT2D eigenvalue weighted by molar-refractivity contribution is 7.89. The highest BCUT2D eigenvalue weighted by Gasteiger charge is 2.29. The predicted molar refractivity (Wildman–Crippen MR) is 145 cm³/mol. The van der Waals surface area contributed by atoms with Crippen molar-refractivity contribution in [2.24, 2.45) is 0 Å². The van der Waals surface area contributed by atoms with E-state index in [0.717, 1.165) is 22.4 Å². The van der Waals surface area contributed by atoms with Crippen molar-refractivity contribution in [2.75, 3.05) is 44.9 Å². The van der Waals surface area contributed by atoms with Gasteiger partial charge in [0.15, 0.2) is 11.5 Å². The highest BCUT2D eigenvalue weighted by Crippen LogP contribution is 2.32. The van der Waals surface area contributed by atoms with Crippen LogP contribution >= 0.6 is 0 Å². The molecule has 0 N–H and O–H groups in total. The van der Waals surface area contributed by atoms with E-state index in [9.17, 15) is 13.2 Å². The second-order valence-corrected chi connectivity index (χ2v) is 11.0. The molecule has 1 amide bonds. The monoisotopic (exact) mass is 534 g/mol. The number of nitrogens with zero attached hydrogens (tertiary/aromatic N) is 2. The third kappa shape index (κ3) is 5.60. The number of anilines is 1. The first kappa shape index (κ1) is 26.0. The summed E-state index contributed by atoms with van der Waals surface area (Å²) in [6.07, 6.45) is 3.86. The van der Waals surface area contributed by atoms with Crippen LogP contribution in [-0.2, 0) is 32.6 Å². The average molecular weight is 535 g/mol. The van der Waals surface area contributed by atoms with Gasteiger partial charge in [0, 0.05) is 31.4 Å². The fraction of sp³-hybridized carbons (Fsp3) is 0.276. The number of sulfonamides is 1. The zero-order chi connectivity index (χ0) is 26.5. The van der Waals surface area contributed by atoms with Gasteiger partial charge in [0.05, 0.1) is 25.2 Å². The van der Waals surface area contributed by atoms with E-state index in [1.54, 1.807) is 36.3 Å². The molecule has 2 aliphatic rings. The molecule has 1 fully saturated rings. The van der Waals surface area contributed by atoms with Gasteiger partial charge < -0.3 is 19.1 Å². The van der Waals surface area contributed by atoms with E-state index in [4.69, 9.17) is 14.2 Å². The third-order valence-electron chi connectivity index (χ3n) is 6.66. The molecule has 0 radical (unpaired) electrons. The van der Waals surface area contributed by atoms with E-state index in [-0.39, 0.29) is 10.8 Å². The van der Waals surface area contributed by atoms with E-state index in [1.807, 2.05) is 48.5 Å². The van der Waals surface area contributed by atoms with Crippen molar-refractivity contribution < 1.29 is 27.4 Å². The van der Waals surface area contributed by atoms with Crippen LogP contribution in [0, 0.1) is 0 Å². The fourth-order valence-electron chi connectivity index (χ4n) is 4.60. The molecule has 8 nitrogen and oxygen atoms in total. The Morgan fingerprint density at radius 2 is 1.76 bits per heavy atom. The van der Waals surface area contributed by atoms with Gasteiger partial charge in [-0.25, -0.2) is 8.42 Å². The molecule has 0 bridgehead atoms. The van der Waals surface area contributed by atoms with Crippen molar-refractivity contribution in [1.29, 1.82) is 0 Å². The van der Waals surface area contributed by atoms with Crippen molar-refractivity contribution in [3.8, 4) is 11.5 Å². The van der Waals surface area contributed by atoms with Crippen LogP contribution in [0.4, 0.5) is 5.69 Å². The van der Waals surface area contributed by atoms with Gasteiger partial charge in [0.25, 0.3) is 5.91 Å². The molecule has 38 heavy (non-hydrogen) atoms. The number of morpholine rings is 1. The van der Waals surface area contributed by atoms with Crippen LogP contribution in [0.1, 0.15) is 16.7 Å². The van der Waals surface area contributed by atoms with Gasteiger partial charge in [-0.2, -0.15) is 4.31 Å². The Morgan fingerprint density at radius 1 is 0.974 bits per heavy atom. The van der Waals surface area contributed by atoms with Gasteiger partial charge in [0.1, 0.15) is 6.61 Å². The van der Waals surface area contributed by atoms with Crippen LogP contribution in [0.5, 0.6) is 11.5 Å². The largest absolute Gasteiger partial charge is 0.493 e. The maximum atomic E-state index is 13.0. The van der Waals surface area contributed by atoms with Crippen molar-refractivity contribution in [2.45, 2.75) is 17.9 Å². The van der Waals surface area contributed by atoms with Gasteiger partial charge in [-0.1, -0.05) is 36.4 Å². The number of carbonyl (C=O) groups excluding carboxylic acids is 1. The summed E-state index contributed by atoms with van der Waals surface area (Å²) in [5.41, 5.74) is 3.44. The summed E-state index contributed by atoms with van der Waals surface area (Å²) in [6, 6.07) is 20.4. The number of benzene rings is 3. The maximum absolute atomic E-state index is 13.0. The lowest BCUT2D eigenvalue weighted by Gasteiger charge is -2.26. The Balaban J connectivity index is 1.26. The minimum absolute atomic E-state index is 0.170. The number of methoxy groups -OCH3 is 1. The fourth-order valence-corrected chi connectivity index (χ4v) is 6.06. The molecule has 198 valence electrons. The van der Waals surface area contributed by atoms with E-state index >= 15 is 0 Å². The van der Waals surface area contributed by atoms with Crippen molar-refractivity contribution in [1.82, 2.24) is 4.31 Å². The number of carbonyl (C=O) groups is 1. The predicted octanol–water partition coefficient (Wildman–Crippen LogP) is 3.90. The van der Waals surface area contributed by atoms with Gasteiger partial charge in [0.2, 0.25) is 10.0 Å². The smallest absolute Gasteiger partial charge is 0.251 e. The molecule has 2 aliphatic heterocycles. The highest BCUT2D eigenvalue weighted by atomic mass is 32.2. The van der Waals surface area contributed by atoms with Crippen molar-refractivity contribution >= 4 is 27.7 Å². The molecule has 9 heteroatoms. The van der Waals surface area contributed by atoms with Crippen LogP contribution in [-0.4, -0.2) is 58.6 Å². The topological polar surface area (TPSA) is 85.4 Å². The number of amides is 1. The number of rotatable bonds is 8. The molecule has 0 aliphatic carbocycles. The van der Waals surface area contributed by atoms with Gasteiger partial charge in [-0.3, -0.25) is 4.79 Å². The molecular weight excluding hydrogens is 504 g/mol. The summed E-state index contributed by atoms with van der Waals surface area (Å²) >= 11 is 0. The summed E-state index contributed by atoms with van der Waals surface area (Å²) in [7, 11) is -2.00. The molecule has 0 saturated carbocycles. The minimum Gasteiger partial charge on any atom is -0.493 e. The minimum atomic E-state index is -3.58. The first-order valence-electron chi connectivity index (χ1n) is 12.5. The summed E-state index contributed by atoms with van der Waals surface area (Å²) in [5.74, 6) is 1.03. The second-order valence-electron chi connectivity index (χ2n) is 9.06. The Hall–Kier alpha value is -3.66. The molecule has 0 atom stereocenters. The van der Waals surface area contributed by atoms with E-state index in [1.165, 1.54) is 10.4 Å². The number of ether oxygens (including phenoxy) is 3. The van der Waals surface area contributed by atoms with E-state index in [2.05, 4.69) is 0 Å². The van der Waals surface area contributed by atoms with Gasteiger partial charge >= 0.3 is 0 Å². The third-order valence-corrected chi connectivity index (χ3v) is 8.56. The number of fused-ring (bicyclic) bond motifs is 1. The summed E-state index contributed by atoms with van der Waals surface area (Å²) < 4.78 is 44.2. The lowest BCUT2D eigenvalue weighted by molar-refractivity contribution is -0.114. The van der Waals surface area contributed by atoms with Crippen molar-refractivity contribution in [3.05, 3.63) is 89.5 Å². The SMILES string of the molecule is COc1cc(/C=C/C(=O)N2CCc3cc(S(=O)(=O)N4CCOCC4)ccc32)ccc1OCc1ccccc1. The molecule has 3 aromatic rings. The summed E-state index contributed by atoms with van der Waals surface area (Å²) in [6.45, 7) is 2.41. The molecule has 5 rings (SSSR count). The van der Waals surface area contributed by atoms with Crippen LogP contribution in [0.15, 0.2) is 77.7 Å². The Morgan fingerprint density at radius 3 is 2.53 bits per heavy atom. The van der Waals surface area contributed by atoms with E-state index in [0.29, 0.717) is 57.4 Å². The number of hydrogen-bond donors (Lipinski definition) is 0. The molecule has 2 heterocycles. The molecule has 1 saturated heterocycles. The normalized spacial score (nSPS) is 16.0. The Labute approximate surface area is 223 Å². The quantitative estimate of drug-likeness (QED) is 0.408. The Bertz CT molecular complexity index is 1430. The van der Waals surface area contributed by atoms with E-state index < -0.39 is 10.0 Å². The van der Waals surface area contributed by atoms with Crippen LogP contribution in [0.2, 0.25) is 0 Å². The second kappa shape index (κ2) is 11.4. The first-order valence-corrected chi connectivity index (χ1v) is 13.9. The number of hydrogen-bond acceptors (Lipinski definition) is 6. The maximum Gasteiger partial charge on any atom is 0.251 e. The summed E-state index contributed by atoms with van der Waals surface area (Å²) in [4.78, 5) is 15.0. The molecule has 0 unspecified atom stereocenters. The standard InChI is InChI=1S/C29H30N2O6S/c1-35-28-19-22(7-11-27(28)37-21-23-5-3-2-4-6-23)8-12-29(32)31-14-13-24-20-25(9-10-26(24)31)38(33,34)30-15-17-36-18-16-30/h2-12,19-20H,13-18,21H2,1H3/b12-8+. The van der Waals surface area contributed by atoms with Crippen LogP contribution < -0.4 is 14.4 Å². The average Bonchev–Trinajstić information content (AvgIpc) is 3.39. The molecular formula is C29H30N2O6S. The Kier molecular flexibility index (Phi) is 7.78. The zero-order valence-electron chi connectivity index (χ0n) is 21.2. The van der Waals surface area contributed by atoms with Gasteiger partial charge in [-0.05, 0) is 59.5 Å².